The van der Waals surface area contributed by atoms with Gasteiger partial charge in [-0.15, -0.1) is 0 Å². The van der Waals surface area contributed by atoms with E-state index in [1.54, 1.807) is 0 Å². The van der Waals surface area contributed by atoms with Crippen molar-refractivity contribution < 1.29 is 4.52 Å². The zero-order chi connectivity index (χ0) is 19.8. The molecule has 0 aliphatic carbocycles. The summed E-state index contributed by atoms with van der Waals surface area (Å²) in [7, 11) is 4.10. The minimum absolute atomic E-state index is 0.513. The van der Waals surface area contributed by atoms with E-state index in [9.17, 15) is 0 Å². The van der Waals surface area contributed by atoms with Crippen LogP contribution in [0.2, 0.25) is 0 Å². The number of hydrogen-bond acceptors (Lipinski definition) is 6. The maximum Gasteiger partial charge on any atom is 0.260 e. The summed E-state index contributed by atoms with van der Waals surface area (Å²) in [5.74, 6) is 1.12. The molecule has 0 bridgehead atoms. The number of aryl methyl sites for hydroxylation is 1. The number of hydrogen-bond donors (Lipinski definition) is 0. The Bertz CT molecular complexity index is 1140. The zero-order valence-electron chi connectivity index (χ0n) is 16.7. The van der Waals surface area contributed by atoms with Gasteiger partial charge in [0.15, 0.2) is 0 Å². The number of likely N-dealkylation sites (N-methyl/N-ethyl adjacent to an activating group) is 1. The van der Waals surface area contributed by atoms with E-state index in [1.807, 2.05) is 42.2 Å². The van der Waals surface area contributed by atoms with Crippen molar-refractivity contribution >= 4 is 10.9 Å². The van der Waals surface area contributed by atoms with Gasteiger partial charge in [-0.1, -0.05) is 35.5 Å². The third-order valence-corrected chi connectivity index (χ3v) is 5.60. The van der Waals surface area contributed by atoms with E-state index in [2.05, 4.69) is 50.3 Å². The normalized spacial score (nSPS) is 15.9. The van der Waals surface area contributed by atoms with Crippen LogP contribution in [0.1, 0.15) is 5.56 Å². The van der Waals surface area contributed by atoms with E-state index < -0.39 is 0 Å². The number of benzene rings is 2. The lowest BCUT2D eigenvalue weighted by Crippen LogP contribution is -2.43. The predicted molar refractivity (Wildman–Crippen MR) is 112 cm³/mol. The van der Waals surface area contributed by atoms with Crippen LogP contribution >= 0.6 is 0 Å². The Morgan fingerprint density at radius 3 is 2.69 bits per heavy atom. The van der Waals surface area contributed by atoms with Crippen molar-refractivity contribution in [1.29, 1.82) is 0 Å². The van der Waals surface area contributed by atoms with Gasteiger partial charge < -0.3 is 9.42 Å². The molecule has 1 saturated heterocycles. The Balaban J connectivity index is 1.41. The molecule has 1 fully saturated rings. The molecule has 5 rings (SSSR count). The molecule has 1 aliphatic heterocycles. The van der Waals surface area contributed by atoms with Gasteiger partial charge in [0.1, 0.15) is 0 Å². The van der Waals surface area contributed by atoms with E-state index in [-0.39, 0.29) is 0 Å². The second-order valence-corrected chi connectivity index (χ2v) is 7.71. The first-order chi connectivity index (χ1) is 14.2. The number of aromatic nitrogens is 4. The largest absolute Gasteiger partial charge is 0.334 e. The monoisotopic (exact) mass is 388 g/mol. The van der Waals surface area contributed by atoms with Crippen LogP contribution in [0.4, 0.5) is 0 Å². The van der Waals surface area contributed by atoms with Crippen molar-refractivity contribution in [2.45, 2.75) is 6.54 Å². The van der Waals surface area contributed by atoms with Crippen molar-refractivity contribution in [3.8, 4) is 22.8 Å². The van der Waals surface area contributed by atoms with Crippen LogP contribution in [-0.4, -0.2) is 62.9 Å². The standard InChI is InChI=1S/C22H24N6O/c1-26-9-11-28(12-10-26)15-16-5-3-6-17(13-16)21-24-22(29-25-21)19-8-4-7-18-14-23-27(2)20(18)19/h3-8,13-14H,9-12,15H2,1-2H3. The molecular formula is C22H24N6O. The van der Waals surface area contributed by atoms with Crippen LogP contribution in [0.5, 0.6) is 0 Å². The van der Waals surface area contributed by atoms with Crippen molar-refractivity contribution in [2.75, 3.05) is 33.2 Å². The third-order valence-electron chi connectivity index (χ3n) is 5.60. The van der Waals surface area contributed by atoms with Crippen LogP contribution in [0, 0.1) is 0 Å². The van der Waals surface area contributed by atoms with E-state index in [1.165, 1.54) is 5.56 Å². The van der Waals surface area contributed by atoms with Gasteiger partial charge in [-0.2, -0.15) is 10.1 Å². The van der Waals surface area contributed by atoms with Crippen molar-refractivity contribution in [3.05, 3.63) is 54.2 Å². The molecule has 7 nitrogen and oxygen atoms in total. The van der Waals surface area contributed by atoms with Gasteiger partial charge in [0.25, 0.3) is 5.89 Å². The maximum absolute atomic E-state index is 5.62. The van der Waals surface area contributed by atoms with Crippen LogP contribution in [-0.2, 0) is 13.6 Å². The maximum atomic E-state index is 5.62. The summed E-state index contributed by atoms with van der Waals surface area (Å²) in [6.45, 7) is 5.38. The lowest BCUT2D eigenvalue weighted by molar-refractivity contribution is 0.148. The highest BCUT2D eigenvalue weighted by atomic mass is 16.5. The quantitative estimate of drug-likeness (QED) is 0.535. The number of rotatable bonds is 4. The van der Waals surface area contributed by atoms with Gasteiger partial charge in [0, 0.05) is 50.7 Å². The molecule has 0 unspecified atom stereocenters. The van der Waals surface area contributed by atoms with Crippen molar-refractivity contribution in [1.82, 2.24) is 29.7 Å². The molecule has 0 radical (unpaired) electrons. The average molecular weight is 388 g/mol. The van der Waals surface area contributed by atoms with E-state index in [4.69, 9.17) is 4.52 Å². The summed E-state index contributed by atoms with van der Waals surface area (Å²) in [5.41, 5.74) is 4.14. The van der Waals surface area contributed by atoms with Crippen molar-refractivity contribution in [3.63, 3.8) is 0 Å². The molecular weight excluding hydrogens is 364 g/mol. The molecule has 29 heavy (non-hydrogen) atoms. The van der Waals surface area contributed by atoms with Gasteiger partial charge in [-0.25, -0.2) is 0 Å². The first-order valence-electron chi connectivity index (χ1n) is 9.92. The fourth-order valence-electron chi connectivity index (χ4n) is 3.93. The van der Waals surface area contributed by atoms with Gasteiger partial charge >= 0.3 is 0 Å². The van der Waals surface area contributed by atoms with E-state index in [0.717, 1.165) is 54.8 Å². The molecule has 0 atom stereocenters. The van der Waals surface area contributed by atoms with Gasteiger partial charge in [0.05, 0.1) is 17.3 Å². The Morgan fingerprint density at radius 1 is 1.00 bits per heavy atom. The van der Waals surface area contributed by atoms with Crippen LogP contribution in [0.15, 0.2) is 53.2 Å². The number of para-hydroxylation sites is 1. The second-order valence-electron chi connectivity index (χ2n) is 7.71. The molecule has 0 spiro atoms. The highest BCUT2D eigenvalue weighted by Gasteiger charge is 2.17. The minimum atomic E-state index is 0.513. The Labute approximate surface area is 169 Å². The molecule has 2 aromatic heterocycles. The first kappa shape index (κ1) is 18.0. The molecule has 0 saturated carbocycles. The minimum Gasteiger partial charge on any atom is -0.334 e. The summed E-state index contributed by atoms with van der Waals surface area (Å²) in [6.07, 6.45) is 1.85. The third kappa shape index (κ3) is 3.54. The fourth-order valence-corrected chi connectivity index (χ4v) is 3.93. The van der Waals surface area contributed by atoms with Crippen LogP contribution < -0.4 is 0 Å². The lowest BCUT2D eigenvalue weighted by atomic mass is 10.1. The number of nitrogens with zero attached hydrogens (tertiary/aromatic N) is 6. The Morgan fingerprint density at radius 2 is 1.83 bits per heavy atom. The van der Waals surface area contributed by atoms with Crippen molar-refractivity contribution in [2.24, 2.45) is 7.05 Å². The molecule has 3 heterocycles. The Hall–Kier alpha value is -3.03. The van der Waals surface area contributed by atoms with Gasteiger partial charge in [0.2, 0.25) is 5.82 Å². The van der Waals surface area contributed by atoms with E-state index >= 15 is 0 Å². The second kappa shape index (κ2) is 7.42. The predicted octanol–water partition coefficient (Wildman–Crippen LogP) is 3.04. The molecule has 1 aliphatic rings. The molecule has 0 amide bonds. The molecule has 0 N–H and O–H groups in total. The zero-order valence-corrected chi connectivity index (χ0v) is 16.7. The summed E-state index contributed by atoms with van der Waals surface area (Å²) >= 11 is 0. The lowest BCUT2D eigenvalue weighted by Gasteiger charge is -2.32. The van der Waals surface area contributed by atoms with Gasteiger partial charge in [-0.05, 0) is 24.7 Å². The fraction of sp³-hybridized carbons (Fsp3) is 0.318. The molecule has 148 valence electrons. The van der Waals surface area contributed by atoms with Crippen LogP contribution in [0.25, 0.3) is 33.7 Å². The highest BCUT2D eigenvalue weighted by molar-refractivity contribution is 5.91. The summed E-state index contributed by atoms with van der Waals surface area (Å²) in [4.78, 5) is 9.54. The summed E-state index contributed by atoms with van der Waals surface area (Å²) in [5, 5.41) is 9.64. The Kier molecular flexibility index (Phi) is 4.61. The average Bonchev–Trinajstić information content (AvgIpc) is 3.38. The molecule has 4 aromatic rings. The van der Waals surface area contributed by atoms with E-state index in [0.29, 0.717) is 11.7 Å². The smallest absolute Gasteiger partial charge is 0.260 e. The van der Waals surface area contributed by atoms with Gasteiger partial charge in [-0.3, -0.25) is 9.58 Å². The summed E-state index contributed by atoms with van der Waals surface area (Å²) in [6, 6.07) is 14.4. The SMILES string of the molecule is CN1CCN(Cc2cccc(-c3noc(-c4cccc5cnn(C)c45)n3)c2)CC1. The molecule has 7 heteroatoms. The molecule has 2 aromatic carbocycles. The summed E-state index contributed by atoms with van der Waals surface area (Å²) < 4.78 is 7.46. The highest BCUT2D eigenvalue weighted by Crippen LogP contribution is 2.29. The first-order valence-corrected chi connectivity index (χ1v) is 9.92. The number of piperazine rings is 1. The van der Waals surface area contributed by atoms with Crippen LogP contribution in [0.3, 0.4) is 0 Å². The topological polar surface area (TPSA) is 63.2 Å². The number of fused-ring (bicyclic) bond motifs is 1.